The molecule has 1 aromatic carbocycles. The van der Waals surface area contributed by atoms with Crippen molar-refractivity contribution in [1.29, 1.82) is 0 Å². The van der Waals surface area contributed by atoms with E-state index < -0.39 is 0 Å². The molecular weight excluding hydrogens is 343 g/mol. The monoisotopic (exact) mass is 358 g/mol. The summed E-state index contributed by atoms with van der Waals surface area (Å²) in [5.74, 6) is -0.314. The van der Waals surface area contributed by atoms with Crippen LogP contribution in [0.25, 0.3) is 0 Å². The molecule has 0 saturated carbocycles. The summed E-state index contributed by atoms with van der Waals surface area (Å²) in [5.41, 5.74) is 1.81. The summed E-state index contributed by atoms with van der Waals surface area (Å²) in [7, 11) is 0. The number of benzene rings is 1. The van der Waals surface area contributed by atoms with Crippen molar-refractivity contribution in [3.63, 3.8) is 0 Å². The third kappa shape index (κ3) is 2.83. The minimum Gasteiger partial charge on any atom is -0.312 e. The number of urea groups is 1. The van der Waals surface area contributed by atoms with Gasteiger partial charge in [-0.2, -0.15) is 0 Å². The van der Waals surface area contributed by atoms with E-state index in [9.17, 15) is 9.18 Å². The zero-order valence-corrected chi connectivity index (χ0v) is 14.4. The molecule has 24 heavy (non-hydrogen) atoms. The number of rotatable bonds is 2. The maximum atomic E-state index is 13.0. The van der Waals surface area contributed by atoms with Crippen LogP contribution in [0.4, 0.5) is 14.9 Å². The largest absolute Gasteiger partial charge is 0.322 e. The summed E-state index contributed by atoms with van der Waals surface area (Å²) in [6.45, 7) is 0.670. The first kappa shape index (κ1) is 15.4. The first-order valence-corrected chi connectivity index (χ1v) is 9.41. The summed E-state index contributed by atoms with van der Waals surface area (Å²) < 4.78 is 13.0. The highest BCUT2D eigenvalue weighted by atomic mass is 32.1. The van der Waals surface area contributed by atoms with Crippen molar-refractivity contribution in [1.82, 2.24) is 4.90 Å². The molecule has 1 N–H and O–H groups in total. The maximum Gasteiger partial charge on any atom is 0.322 e. The van der Waals surface area contributed by atoms with Gasteiger partial charge in [-0.15, -0.1) is 22.7 Å². The van der Waals surface area contributed by atoms with Crippen LogP contribution in [-0.4, -0.2) is 17.5 Å². The van der Waals surface area contributed by atoms with E-state index in [4.69, 9.17) is 0 Å². The van der Waals surface area contributed by atoms with Gasteiger partial charge >= 0.3 is 6.03 Å². The predicted molar refractivity (Wildman–Crippen MR) is 96.3 cm³/mol. The quantitative estimate of drug-likeness (QED) is 0.677. The van der Waals surface area contributed by atoms with Gasteiger partial charge in [0.15, 0.2) is 0 Å². The molecule has 2 amide bonds. The second-order valence-corrected chi connectivity index (χ2v) is 7.58. The molecule has 0 unspecified atom stereocenters. The van der Waals surface area contributed by atoms with Crippen LogP contribution in [-0.2, 0) is 6.42 Å². The Labute approximate surface area is 147 Å². The minimum atomic E-state index is -0.314. The number of anilines is 1. The van der Waals surface area contributed by atoms with Crippen molar-refractivity contribution in [2.24, 2.45) is 0 Å². The third-order valence-corrected chi connectivity index (χ3v) is 6.06. The SMILES string of the molecule is O=C(Nc1ccc(F)cc1)N1CCc2sccc2[C@H]1c1cccs1. The number of amides is 2. The van der Waals surface area contributed by atoms with Crippen LogP contribution in [0, 0.1) is 5.82 Å². The molecule has 4 rings (SSSR count). The van der Waals surface area contributed by atoms with Gasteiger partial charge in [0.25, 0.3) is 0 Å². The van der Waals surface area contributed by atoms with Crippen molar-refractivity contribution < 1.29 is 9.18 Å². The lowest BCUT2D eigenvalue weighted by atomic mass is 9.99. The number of thiophene rings is 2. The van der Waals surface area contributed by atoms with E-state index >= 15 is 0 Å². The number of halogens is 1. The van der Waals surface area contributed by atoms with Crippen molar-refractivity contribution >= 4 is 34.4 Å². The first-order chi connectivity index (χ1) is 11.7. The maximum absolute atomic E-state index is 13.0. The summed E-state index contributed by atoms with van der Waals surface area (Å²) in [5, 5.41) is 7.01. The van der Waals surface area contributed by atoms with Crippen LogP contribution in [0.1, 0.15) is 21.4 Å². The van der Waals surface area contributed by atoms with Gasteiger partial charge in [0.05, 0.1) is 6.04 Å². The lowest BCUT2D eigenvalue weighted by Crippen LogP contribution is -2.42. The molecule has 0 radical (unpaired) electrons. The van der Waals surface area contributed by atoms with Gasteiger partial charge in [0, 0.05) is 22.0 Å². The standard InChI is InChI=1S/C18H15FN2OS2/c19-12-3-5-13(6-4-12)20-18(22)21-9-7-15-14(8-11-24-15)17(21)16-2-1-10-23-16/h1-6,8,10-11,17H,7,9H2,(H,20,22)/t17-/m0/s1. The Hall–Kier alpha value is -2.18. The van der Waals surface area contributed by atoms with Crippen LogP contribution in [0.15, 0.2) is 53.2 Å². The molecule has 3 heterocycles. The van der Waals surface area contributed by atoms with Crippen molar-refractivity contribution in [3.8, 4) is 0 Å². The number of fused-ring (bicyclic) bond motifs is 1. The smallest absolute Gasteiger partial charge is 0.312 e. The number of nitrogens with one attached hydrogen (secondary N) is 1. The zero-order chi connectivity index (χ0) is 16.5. The Morgan fingerprint density at radius 2 is 1.96 bits per heavy atom. The molecule has 2 aromatic heterocycles. The topological polar surface area (TPSA) is 32.3 Å². The first-order valence-electron chi connectivity index (χ1n) is 7.65. The van der Waals surface area contributed by atoms with E-state index in [1.807, 2.05) is 16.3 Å². The van der Waals surface area contributed by atoms with E-state index in [0.717, 1.165) is 11.3 Å². The number of carbonyl (C=O) groups is 1. The Morgan fingerprint density at radius 1 is 1.12 bits per heavy atom. The average molecular weight is 358 g/mol. The second-order valence-electron chi connectivity index (χ2n) is 5.60. The molecule has 0 spiro atoms. The Balaban J connectivity index is 1.63. The minimum absolute atomic E-state index is 0.0551. The normalized spacial score (nSPS) is 16.7. The highest BCUT2D eigenvalue weighted by Gasteiger charge is 2.33. The molecule has 0 aliphatic carbocycles. The van der Waals surface area contributed by atoms with Gasteiger partial charge in [-0.05, 0) is 59.1 Å². The second kappa shape index (κ2) is 6.37. The van der Waals surface area contributed by atoms with Gasteiger partial charge in [-0.25, -0.2) is 9.18 Å². The number of carbonyl (C=O) groups excluding carboxylic acids is 1. The van der Waals surface area contributed by atoms with E-state index in [2.05, 4.69) is 22.8 Å². The van der Waals surface area contributed by atoms with Crippen LogP contribution in [0.3, 0.4) is 0 Å². The van der Waals surface area contributed by atoms with E-state index in [1.54, 1.807) is 34.8 Å². The number of hydrogen-bond donors (Lipinski definition) is 1. The fourth-order valence-corrected chi connectivity index (χ4v) is 4.78. The van der Waals surface area contributed by atoms with Gasteiger partial charge in [-0.1, -0.05) is 6.07 Å². The highest BCUT2D eigenvalue weighted by Crippen LogP contribution is 2.39. The van der Waals surface area contributed by atoms with E-state index in [0.29, 0.717) is 12.2 Å². The van der Waals surface area contributed by atoms with Crippen LogP contribution in [0.5, 0.6) is 0 Å². The van der Waals surface area contributed by atoms with Gasteiger partial charge in [0.1, 0.15) is 5.82 Å². The zero-order valence-electron chi connectivity index (χ0n) is 12.7. The third-order valence-electron chi connectivity index (χ3n) is 4.13. The summed E-state index contributed by atoms with van der Waals surface area (Å²) >= 11 is 3.41. The van der Waals surface area contributed by atoms with Gasteiger partial charge in [0.2, 0.25) is 0 Å². The average Bonchev–Trinajstić information content (AvgIpc) is 3.27. The molecule has 1 atom stereocenters. The Bertz CT molecular complexity index is 842. The highest BCUT2D eigenvalue weighted by molar-refractivity contribution is 7.10. The van der Waals surface area contributed by atoms with E-state index in [-0.39, 0.29) is 17.9 Å². The molecule has 1 aliphatic rings. The summed E-state index contributed by atoms with van der Waals surface area (Å²) in [4.78, 5) is 17.2. The van der Waals surface area contributed by atoms with E-state index in [1.165, 1.54) is 22.6 Å². The molecule has 0 bridgehead atoms. The molecule has 3 aromatic rings. The van der Waals surface area contributed by atoms with Crippen molar-refractivity contribution in [2.75, 3.05) is 11.9 Å². The molecular formula is C18H15FN2OS2. The summed E-state index contributed by atoms with van der Waals surface area (Å²) in [6, 6.07) is 11.8. The fraction of sp³-hybridized carbons (Fsp3) is 0.167. The molecule has 122 valence electrons. The molecule has 0 saturated heterocycles. The fourth-order valence-electron chi connectivity index (χ4n) is 3.02. The molecule has 1 aliphatic heterocycles. The van der Waals surface area contributed by atoms with Crippen LogP contribution in [0.2, 0.25) is 0 Å². The predicted octanol–water partition coefficient (Wildman–Crippen LogP) is 5.13. The lowest BCUT2D eigenvalue weighted by Gasteiger charge is -2.35. The van der Waals surface area contributed by atoms with Crippen molar-refractivity contribution in [3.05, 3.63) is 74.4 Å². The van der Waals surface area contributed by atoms with Gasteiger partial charge < -0.3 is 10.2 Å². The van der Waals surface area contributed by atoms with Crippen LogP contribution >= 0.6 is 22.7 Å². The van der Waals surface area contributed by atoms with Crippen LogP contribution < -0.4 is 5.32 Å². The lowest BCUT2D eigenvalue weighted by molar-refractivity contribution is 0.195. The number of nitrogens with zero attached hydrogens (tertiary/aromatic N) is 1. The van der Waals surface area contributed by atoms with Crippen molar-refractivity contribution in [2.45, 2.75) is 12.5 Å². The van der Waals surface area contributed by atoms with Gasteiger partial charge in [-0.3, -0.25) is 0 Å². The Morgan fingerprint density at radius 3 is 2.71 bits per heavy atom. The summed E-state index contributed by atoms with van der Waals surface area (Å²) in [6.07, 6.45) is 0.867. The molecule has 0 fully saturated rings. The number of hydrogen-bond acceptors (Lipinski definition) is 3. The molecule has 3 nitrogen and oxygen atoms in total. The molecule has 6 heteroatoms. The Kier molecular flexibility index (Phi) is 4.08.